The van der Waals surface area contributed by atoms with Gasteiger partial charge in [0.25, 0.3) is 10.2 Å². The van der Waals surface area contributed by atoms with Gasteiger partial charge in [-0.25, -0.2) is 0 Å². The van der Waals surface area contributed by atoms with Crippen molar-refractivity contribution in [2.24, 2.45) is 0 Å². The maximum atomic E-state index is 13.1. The fourth-order valence-electron chi connectivity index (χ4n) is 3.47. The van der Waals surface area contributed by atoms with Crippen LogP contribution in [0.3, 0.4) is 0 Å². The minimum absolute atomic E-state index is 0.108. The molecule has 0 amide bonds. The summed E-state index contributed by atoms with van der Waals surface area (Å²) in [4.78, 5) is 4.41. The molecule has 0 aromatic carbocycles. The molecule has 6 heteroatoms. The number of piperidine rings is 1. The summed E-state index contributed by atoms with van der Waals surface area (Å²) in [7, 11) is -3.38. The Balaban J connectivity index is 1.86. The van der Waals surface area contributed by atoms with E-state index in [2.05, 4.69) is 4.98 Å². The van der Waals surface area contributed by atoms with Crippen LogP contribution >= 0.6 is 0 Å². The van der Waals surface area contributed by atoms with E-state index in [-0.39, 0.29) is 6.04 Å². The molecule has 0 bridgehead atoms. The largest absolute Gasteiger partial charge is 0.282 e. The maximum absolute atomic E-state index is 13.1. The van der Waals surface area contributed by atoms with Gasteiger partial charge in [0.1, 0.15) is 0 Å². The highest BCUT2D eigenvalue weighted by Crippen LogP contribution is 2.33. The Morgan fingerprint density at radius 1 is 0.955 bits per heavy atom. The first-order valence-electron chi connectivity index (χ1n) is 8.37. The van der Waals surface area contributed by atoms with Crippen LogP contribution in [0, 0.1) is 0 Å². The van der Waals surface area contributed by atoms with Crippen LogP contribution in [0.15, 0.2) is 24.4 Å². The zero-order chi connectivity index (χ0) is 15.4. The number of hydrogen-bond acceptors (Lipinski definition) is 3. The van der Waals surface area contributed by atoms with E-state index in [1.165, 1.54) is 0 Å². The molecule has 0 spiro atoms. The molecule has 1 aromatic heterocycles. The fraction of sp³-hybridized carbons (Fsp3) is 0.688. The Hall–Kier alpha value is -0.980. The lowest BCUT2D eigenvalue weighted by Crippen LogP contribution is -2.47. The molecular weight excluding hydrogens is 298 g/mol. The van der Waals surface area contributed by atoms with E-state index in [4.69, 9.17) is 0 Å². The molecule has 0 saturated carbocycles. The van der Waals surface area contributed by atoms with Gasteiger partial charge in [-0.1, -0.05) is 25.3 Å². The zero-order valence-electron chi connectivity index (χ0n) is 13.0. The maximum Gasteiger partial charge on any atom is 0.282 e. The monoisotopic (exact) mass is 323 g/mol. The number of aromatic nitrogens is 1. The average Bonchev–Trinajstić information content (AvgIpc) is 2.85. The highest BCUT2D eigenvalue weighted by atomic mass is 32.2. The molecular formula is C16H25N3O2S. The van der Waals surface area contributed by atoms with E-state index < -0.39 is 10.2 Å². The average molecular weight is 323 g/mol. The van der Waals surface area contributed by atoms with Crippen LogP contribution in [-0.2, 0) is 10.2 Å². The van der Waals surface area contributed by atoms with Gasteiger partial charge in [-0.15, -0.1) is 0 Å². The minimum Gasteiger partial charge on any atom is -0.260 e. The second-order valence-electron chi connectivity index (χ2n) is 6.20. The van der Waals surface area contributed by atoms with E-state index in [1.807, 2.05) is 18.2 Å². The van der Waals surface area contributed by atoms with Crippen LogP contribution in [0.5, 0.6) is 0 Å². The number of nitrogens with zero attached hydrogens (tertiary/aromatic N) is 3. The molecule has 1 aromatic rings. The van der Waals surface area contributed by atoms with E-state index in [0.29, 0.717) is 19.6 Å². The van der Waals surface area contributed by atoms with Gasteiger partial charge >= 0.3 is 0 Å². The Labute approximate surface area is 133 Å². The third-order valence-electron chi connectivity index (χ3n) is 4.67. The predicted molar refractivity (Wildman–Crippen MR) is 86.5 cm³/mol. The summed E-state index contributed by atoms with van der Waals surface area (Å²) in [6.07, 6.45) is 8.84. The SMILES string of the molecule is O=S(=O)(N1CCCCCC1)N1CCCC[C@H]1c1ccccn1. The first kappa shape index (κ1) is 15.9. The molecule has 3 rings (SSSR count). The number of rotatable bonds is 3. The van der Waals surface area contributed by atoms with Crippen molar-refractivity contribution in [2.45, 2.75) is 51.0 Å². The smallest absolute Gasteiger partial charge is 0.260 e. The van der Waals surface area contributed by atoms with Gasteiger partial charge in [0.05, 0.1) is 11.7 Å². The van der Waals surface area contributed by atoms with Crippen LogP contribution in [-0.4, -0.2) is 41.6 Å². The summed E-state index contributed by atoms with van der Waals surface area (Å²) >= 11 is 0. The molecule has 22 heavy (non-hydrogen) atoms. The normalized spacial score (nSPS) is 25.7. The van der Waals surface area contributed by atoms with Gasteiger partial charge in [0.15, 0.2) is 0 Å². The second kappa shape index (κ2) is 7.06. The summed E-state index contributed by atoms with van der Waals surface area (Å²) in [5.74, 6) is 0. The lowest BCUT2D eigenvalue weighted by Gasteiger charge is -2.37. The summed E-state index contributed by atoms with van der Waals surface area (Å²) in [5, 5.41) is 0. The van der Waals surface area contributed by atoms with Crippen LogP contribution in [0.2, 0.25) is 0 Å². The summed E-state index contributed by atoms with van der Waals surface area (Å²) < 4.78 is 29.6. The van der Waals surface area contributed by atoms with Crippen molar-refractivity contribution < 1.29 is 8.42 Å². The first-order chi connectivity index (χ1) is 10.7. The van der Waals surface area contributed by atoms with Crippen molar-refractivity contribution in [2.75, 3.05) is 19.6 Å². The molecule has 3 heterocycles. The molecule has 0 N–H and O–H groups in total. The summed E-state index contributed by atoms with van der Waals surface area (Å²) in [5.41, 5.74) is 0.876. The van der Waals surface area contributed by atoms with Crippen molar-refractivity contribution in [3.63, 3.8) is 0 Å². The molecule has 0 aliphatic carbocycles. The van der Waals surface area contributed by atoms with Gasteiger partial charge < -0.3 is 0 Å². The lowest BCUT2D eigenvalue weighted by atomic mass is 10.0. The zero-order valence-corrected chi connectivity index (χ0v) is 13.8. The quantitative estimate of drug-likeness (QED) is 0.859. The first-order valence-corrected chi connectivity index (χ1v) is 9.77. The fourth-order valence-corrected chi connectivity index (χ4v) is 5.38. The van der Waals surface area contributed by atoms with Crippen LogP contribution in [0.1, 0.15) is 56.7 Å². The minimum atomic E-state index is -3.38. The molecule has 0 unspecified atom stereocenters. The van der Waals surface area contributed by atoms with Gasteiger partial charge in [-0.2, -0.15) is 17.0 Å². The number of hydrogen-bond donors (Lipinski definition) is 0. The van der Waals surface area contributed by atoms with Crippen molar-refractivity contribution in [3.05, 3.63) is 30.1 Å². The molecule has 2 saturated heterocycles. The van der Waals surface area contributed by atoms with Crippen molar-refractivity contribution in [1.82, 2.24) is 13.6 Å². The molecule has 2 aliphatic heterocycles. The Kier molecular flexibility index (Phi) is 5.10. The Morgan fingerprint density at radius 3 is 2.36 bits per heavy atom. The topological polar surface area (TPSA) is 53.5 Å². The molecule has 1 atom stereocenters. The summed E-state index contributed by atoms with van der Waals surface area (Å²) in [6, 6.07) is 5.65. The molecule has 0 radical (unpaired) electrons. The molecule has 2 fully saturated rings. The van der Waals surface area contributed by atoms with Crippen LogP contribution in [0.25, 0.3) is 0 Å². The van der Waals surface area contributed by atoms with E-state index >= 15 is 0 Å². The van der Waals surface area contributed by atoms with E-state index in [9.17, 15) is 8.42 Å². The molecule has 122 valence electrons. The van der Waals surface area contributed by atoms with Gasteiger partial charge in [-0.3, -0.25) is 4.98 Å². The van der Waals surface area contributed by atoms with Gasteiger partial charge in [0, 0.05) is 25.8 Å². The Morgan fingerprint density at radius 2 is 1.68 bits per heavy atom. The third kappa shape index (κ3) is 3.34. The molecule has 5 nitrogen and oxygen atoms in total. The van der Waals surface area contributed by atoms with E-state index in [0.717, 1.165) is 50.6 Å². The highest BCUT2D eigenvalue weighted by molar-refractivity contribution is 7.86. The van der Waals surface area contributed by atoms with Crippen molar-refractivity contribution in [3.8, 4) is 0 Å². The van der Waals surface area contributed by atoms with Crippen LogP contribution in [0.4, 0.5) is 0 Å². The van der Waals surface area contributed by atoms with Gasteiger partial charge in [0.2, 0.25) is 0 Å². The number of pyridine rings is 1. The highest BCUT2D eigenvalue weighted by Gasteiger charge is 2.37. The van der Waals surface area contributed by atoms with Crippen molar-refractivity contribution in [1.29, 1.82) is 0 Å². The van der Waals surface area contributed by atoms with Crippen LogP contribution < -0.4 is 0 Å². The second-order valence-corrected chi connectivity index (χ2v) is 8.08. The summed E-state index contributed by atoms with van der Waals surface area (Å²) in [6.45, 7) is 1.93. The van der Waals surface area contributed by atoms with E-state index in [1.54, 1.807) is 14.8 Å². The standard InChI is InChI=1S/C16H25N3O2S/c20-22(21,18-12-6-1-2-7-13-18)19-14-8-4-10-16(19)15-9-3-5-11-17-15/h3,5,9,11,16H,1-2,4,6-8,10,12-14H2/t16-/m0/s1. The lowest BCUT2D eigenvalue weighted by molar-refractivity contribution is 0.230. The van der Waals surface area contributed by atoms with Gasteiger partial charge in [-0.05, 0) is 37.8 Å². The Bertz CT molecular complexity index is 568. The molecule has 2 aliphatic rings. The van der Waals surface area contributed by atoms with Crippen molar-refractivity contribution >= 4 is 10.2 Å². The third-order valence-corrected chi connectivity index (χ3v) is 6.72. The predicted octanol–water partition coefficient (Wildman–Crippen LogP) is 2.73.